The van der Waals surface area contributed by atoms with Gasteiger partial charge in [-0.25, -0.2) is 18.7 Å². The largest absolute Gasteiger partial charge is 0.371 e. The molecule has 7 rings (SSSR count). The molecule has 2 saturated heterocycles. The van der Waals surface area contributed by atoms with Gasteiger partial charge >= 0.3 is 0 Å². The summed E-state index contributed by atoms with van der Waals surface area (Å²) in [5, 5.41) is 4.24. The van der Waals surface area contributed by atoms with Crippen LogP contribution < -0.4 is 10.2 Å². The normalized spacial score (nSPS) is 17.4. The van der Waals surface area contributed by atoms with Gasteiger partial charge < -0.3 is 10.2 Å². The smallest absolute Gasteiger partial charge is 0.152 e. The molecular formula is C32H31F2N5. The Morgan fingerprint density at radius 1 is 0.897 bits per heavy atom. The summed E-state index contributed by atoms with van der Waals surface area (Å²) in [4.78, 5) is 11.4. The third-order valence-electron chi connectivity index (χ3n) is 8.62. The standard InChI is InChI=1S/C32H31F2N5/c1-21-16-26(27-18-24(33)19-28(34)31(27)37-21)29-20-35-30-17-23(8-13-39(29)30)22-4-6-25(7-5-22)38-14-10-32(11-15-38)9-2-3-12-36-32/h4-8,13,16-20,36H,2-3,9-12,14-15H2,1H3. The zero-order chi connectivity index (χ0) is 26.6. The van der Waals surface area contributed by atoms with Crippen molar-refractivity contribution in [3.05, 3.63) is 84.3 Å². The molecule has 2 aromatic carbocycles. The van der Waals surface area contributed by atoms with Crippen molar-refractivity contribution >= 4 is 22.2 Å². The average Bonchev–Trinajstić information content (AvgIpc) is 3.37. The van der Waals surface area contributed by atoms with Gasteiger partial charge in [-0.05, 0) is 86.7 Å². The Balaban J connectivity index is 1.16. The Bertz CT molecular complexity index is 1680. The second-order valence-electron chi connectivity index (χ2n) is 11.1. The van der Waals surface area contributed by atoms with Crippen LogP contribution in [0.1, 0.15) is 37.8 Å². The van der Waals surface area contributed by atoms with Crippen LogP contribution in [0.3, 0.4) is 0 Å². The topological polar surface area (TPSA) is 45.5 Å². The van der Waals surface area contributed by atoms with Crippen molar-refractivity contribution in [3.8, 4) is 22.4 Å². The highest BCUT2D eigenvalue weighted by Gasteiger charge is 2.35. The number of anilines is 1. The van der Waals surface area contributed by atoms with Gasteiger partial charge in [-0.1, -0.05) is 18.6 Å². The maximum absolute atomic E-state index is 14.5. The molecule has 5 nitrogen and oxygen atoms in total. The molecule has 5 heterocycles. The molecular weight excluding hydrogens is 492 g/mol. The summed E-state index contributed by atoms with van der Waals surface area (Å²) < 4.78 is 30.6. The van der Waals surface area contributed by atoms with Crippen molar-refractivity contribution in [2.75, 3.05) is 24.5 Å². The fourth-order valence-corrected chi connectivity index (χ4v) is 6.47. The van der Waals surface area contributed by atoms with Crippen LogP contribution in [0.5, 0.6) is 0 Å². The summed E-state index contributed by atoms with van der Waals surface area (Å²) in [7, 11) is 0. The molecule has 7 heteroatoms. The van der Waals surface area contributed by atoms with Crippen LogP contribution in [0.15, 0.2) is 67.0 Å². The Morgan fingerprint density at radius 3 is 2.49 bits per heavy atom. The van der Waals surface area contributed by atoms with E-state index < -0.39 is 11.6 Å². The maximum Gasteiger partial charge on any atom is 0.152 e. The SMILES string of the molecule is Cc1cc(-c2cnc3cc(-c4ccc(N5CCC6(CCCCN6)CC5)cc4)ccn23)c2cc(F)cc(F)c2n1. The van der Waals surface area contributed by atoms with E-state index in [1.165, 1.54) is 43.9 Å². The number of hydrogen-bond donors (Lipinski definition) is 1. The number of rotatable bonds is 3. The summed E-state index contributed by atoms with van der Waals surface area (Å²) in [6, 6.07) is 17.0. The summed E-state index contributed by atoms with van der Waals surface area (Å²) in [5.74, 6) is -1.29. The first-order valence-corrected chi connectivity index (χ1v) is 13.8. The molecule has 0 saturated carbocycles. The van der Waals surface area contributed by atoms with Crippen LogP contribution in [0.4, 0.5) is 14.5 Å². The number of piperidine rings is 2. The van der Waals surface area contributed by atoms with E-state index in [9.17, 15) is 8.78 Å². The van der Waals surface area contributed by atoms with Crippen LogP contribution in [0.25, 0.3) is 38.9 Å². The Hall–Kier alpha value is -3.84. The predicted octanol–water partition coefficient (Wildman–Crippen LogP) is 6.92. The van der Waals surface area contributed by atoms with Gasteiger partial charge in [0.15, 0.2) is 5.82 Å². The quantitative estimate of drug-likeness (QED) is 0.279. The lowest BCUT2D eigenvalue weighted by Crippen LogP contribution is -2.55. The molecule has 3 aromatic heterocycles. The molecule has 5 aromatic rings. The number of pyridine rings is 2. The van der Waals surface area contributed by atoms with Crippen molar-refractivity contribution < 1.29 is 8.78 Å². The van der Waals surface area contributed by atoms with Gasteiger partial charge in [0.05, 0.1) is 11.9 Å². The second-order valence-corrected chi connectivity index (χ2v) is 11.1. The number of hydrogen-bond acceptors (Lipinski definition) is 4. The number of halogens is 2. The molecule has 1 N–H and O–H groups in total. The van der Waals surface area contributed by atoms with Gasteiger partial charge in [-0.2, -0.15) is 0 Å². The van der Waals surface area contributed by atoms with Crippen molar-refractivity contribution in [1.29, 1.82) is 0 Å². The Morgan fingerprint density at radius 2 is 1.72 bits per heavy atom. The number of nitrogens with one attached hydrogen (secondary N) is 1. The molecule has 0 atom stereocenters. The number of aromatic nitrogens is 3. The van der Waals surface area contributed by atoms with E-state index in [4.69, 9.17) is 0 Å². The fraction of sp³-hybridized carbons (Fsp3) is 0.312. The highest BCUT2D eigenvalue weighted by molar-refractivity contribution is 5.94. The number of imidazole rings is 1. The number of benzene rings is 2. The molecule has 0 unspecified atom stereocenters. The van der Waals surface area contributed by atoms with E-state index in [0.29, 0.717) is 22.2 Å². The lowest BCUT2D eigenvalue weighted by molar-refractivity contribution is 0.206. The van der Waals surface area contributed by atoms with Crippen LogP contribution >= 0.6 is 0 Å². The molecule has 2 aliphatic heterocycles. The molecule has 0 bridgehead atoms. The monoisotopic (exact) mass is 523 g/mol. The molecule has 2 aliphatic rings. The zero-order valence-corrected chi connectivity index (χ0v) is 22.1. The van der Waals surface area contributed by atoms with Crippen LogP contribution in [0, 0.1) is 18.6 Å². The van der Waals surface area contributed by atoms with E-state index in [2.05, 4.69) is 56.6 Å². The molecule has 1 spiro atoms. The fourth-order valence-electron chi connectivity index (χ4n) is 6.47. The number of aryl methyl sites for hydroxylation is 1. The maximum atomic E-state index is 14.5. The van der Waals surface area contributed by atoms with E-state index in [1.807, 2.05) is 23.6 Å². The lowest BCUT2D eigenvalue weighted by Gasteiger charge is -2.45. The molecule has 39 heavy (non-hydrogen) atoms. The first kappa shape index (κ1) is 24.2. The van der Waals surface area contributed by atoms with Crippen LogP contribution in [-0.2, 0) is 0 Å². The summed E-state index contributed by atoms with van der Waals surface area (Å²) >= 11 is 0. The molecule has 0 radical (unpaired) electrons. The first-order chi connectivity index (χ1) is 19.0. The Kier molecular flexibility index (Phi) is 5.85. The molecule has 2 fully saturated rings. The number of nitrogens with zero attached hydrogens (tertiary/aromatic N) is 4. The summed E-state index contributed by atoms with van der Waals surface area (Å²) in [5.41, 5.74) is 6.89. The van der Waals surface area contributed by atoms with Gasteiger partial charge in [0.1, 0.15) is 17.0 Å². The highest BCUT2D eigenvalue weighted by atomic mass is 19.1. The highest BCUT2D eigenvalue weighted by Crippen LogP contribution is 2.34. The van der Waals surface area contributed by atoms with Crippen LogP contribution in [-0.4, -0.2) is 39.5 Å². The van der Waals surface area contributed by atoms with Crippen molar-refractivity contribution in [1.82, 2.24) is 19.7 Å². The van der Waals surface area contributed by atoms with Crippen LogP contribution in [0.2, 0.25) is 0 Å². The van der Waals surface area contributed by atoms with Gasteiger partial charge in [0.25, 0.3) is 0 Å². The first-order valence-electron chi connectivity index (χ1n) is 13.8. The third kappa shape index (κ3) is 4.35. The van der Waals surface area contributed by atoms with Gasteiger partial charge in [0, 0.05) is 53.2 Å². The number of fused-ring (bicyclic) bond motifs is 2. The van der Waals surface area contributed by atoms with E-state index >= 15 is 0 Å². The predicted molar refractivity (Wildman–Crippen MR) is 152 cm³/mol. The minimum Gasteiger partial charge on any atom is -0.371 e. The van der Waals surface area contributed by atoms with Gasteiger partial charge in [0.2, 0.25) is 0 Å². The van der Waals surface area contributed by atoms with E-state index in [-0.39, 0.29) is 5.52 Å². The van der Waals surface area contributed by atoms with Gasteiger partial charge in [-0.3, -0.25) is 4.40 Å². The Labute approximate surface area is 226 Å². The van der Waals surface area contributed by atoms with E-state index in [1.54, 1.807) is 6.20 Å². The molecule has 198 valence electrons. The third-order valence-corrected chi connectivity index (χ3v) is 8.62. The average molecular weight is 524 g/mol. The minimum atomic E-state index is -0.663. The van der Waals surface area contributed by atoms with Crippen molar-refractivity contribution in [2.45, 2.75) is 44.6 Å². The second kappa shape index (κ2) is 9.42. The van der Waals surface area contributed by atoms with Crippen molar-refractivity contribution in [3.63, 3.8) is 0 Å². The van der Waals surface area contributed by atoms with Crippen molar-refractivity contribution in [2.24, 2.45) is 0 Å². The summed E-state index contributed by atoms with van der Waals surface area (Å²) in [6.07, 6.45) is 10.1. The zero-order valence-electron chi connectivity index (χ0n) is 22.1. The van der Waals surface area contributed by atoms with Gasteiger partial charge in [-0.15, -0.1) is 0 Å². The molecule has 0 aliphatic carbocycles. The minimum absolute atomic E-state index is 0.164. The summed E-state index contributed by atoms with van der Waals surface area (Å²) in [6.45, 7) is 5.15. The molecule has 0 amide bonds. The lowest BCUT2D eigenvalue weighted by atomic mass is 9.80. The van der Waals surface area contributed by atoms with E-state index in [0.717, 1.165) is 48.2 Å².